The number of para-hydroxylation sites is 1. The average molecular weight is 304 g/mol. The van der Waals surface area contributed by atoms with E-state index in [0.29, 0.717) is 12.1 Å². The molecule has 0 amide bonds. The summed E-state index contributed by atoms with van der Waals surface area (Å²) in [7, 11) is -1.82. The van der Waals surface area contributed by atoms with Crippen LogP contribution >= 0.6 is 0 Å². The lowest BCUT2D eigenvalue weighted by atomic mass is 10.1. The predicted molar refractivity (Wildman–Crippen MR) is 85.9 cm³/mol. The van der Waals surface area contributed by atoms with Gasteiger partial charge in [0.2, 0.25) is 10.0 Å². The highest BCUT2D eigenvalue weighted by Gasteiger charge is 2.20. The molecule has 0 aliphatic rings. The first-order chi connectivity index (χ1) is 10.0. The second-order valence-electron chi connectivity index (χ2n) is 4.96. The van der Waals surface area contributed by atoms with Crippen LogP contribution in [-0.4, -0.2) is 21.5 Å². The van der Waals surface area contributed by atoms with Gasteiger partial charge in [0.15, 0.2) is 0 Å². The van der Waals surface area contributed by atoms with Crippen LogP contribution in [0.5, 0.6) is 0 Å². The third kappa shape index (κ3) is 4.06. The Kier molecular flexibility index (Phi) is 4.98. The predicted octanol–water partition coefficient (Wildman–Crippen LogP) is 2.64. The van der Waals surface area contributed by atoms with Crippen LogP contribution < -0.4 is 10.0 Å². The molecular formula is C16H20N2O2S. The molecule has 0 heterocycles. The second kappa shape index (κ2) is 6.74. The van der Waals surface area contributed by atoms with E-state index in [9.17, 15) is 8.42 Å². The zero-order valence-electron chi connectivity index (χ0n) is 12.2. The highest BCUT2D eigenvalue weighted by molar-refractivity contribution is 7.89. The van der Waals surface area contributed by atoms with Crippen LogP contribution in [0.2, 0.25) is 0 Å². The van der Waals surface area contributed by atoms with Crippen molar-refractivity contribution in [1.29, 1.82) is 0 Å². The molecule has 21 heavy (non-hydrogen) atoms. The van der Waals surface area contributed by atoms with Gasteiger partial charge in [-0.2, -0.15) is 0 Å². The van der Waals surface area contributed by atoms with Crippen LogP contribution in [0.15, 0.2) is 59.5 Å². The van der Waals surface area contributed by atoms with Crippen LogP contribution in [0.4, 0.5) is 5.69 Å². The first-order valence-corrected chi connectivity index (χ1v) is 8.34. The Labute approximate surface area is 126 Å². The van der Waals surface area contributed by atoms with Crippen LogP contribution in [0.25, 0.3) is 0 Å². The van der Waals surface area contributed by atoms with Crippen molar-refractivity contribution in [3.63, 3.8) is 0 Å². The summed E-state index contributed by atoms with van der Waals surface area (Å²) >= 11 is 0. The number of anilines is 1. The van der Waals surface area contributed by atoms with Crippen LogP contribution in [0.1, 0.15) is 12.5 Å². The van der Waals surface area contributed by atoms with Gasteiger partial charge in [-0.1, -0.05) is 42.5 Å². The molecule has 2 aromatic rings. The van der Waals surface area contributed by atoms with Crippen molar-refractivity contribution in [3.8, 4) is 0 Å². The minimum absolute atomic E-state index is 0.178. The van der Waals surface area contributed by atoms with Crippen molar-refractivity contribution >= 4 is 15.7 Å². The minimum Gasteiger partial charge on any atom is -0.387 e. The fraction of sp³-hybridized carbons (Fsp3) is 0.250. The lowest BCUT2D eigenvalue weighted by Crippen LogP contribution is -2.34. The third-order valence-corrected chi connectivity index (χ3v) is 4.83. The molecule has 4 nitrogen and oxygen atoms in total. The van der Waals surface area contributed by atoms with Gasteiger partial charge in [-0.05, 0) is 31.0 Å². The molecule has 0 saturated carbocycles. The van der Waals surface area contributed by atoms with E-state index < -0.39 is 10.0 Å². The molecule has 0 fully saturated rings. The molecule has 0 radical (unpaired) electrons. The number of nitrogens with one attached hydrogen (secondary N) is 2. The molecule has 0 aliphatic carbocycles. The lowest BCUT2D eigenvalue weighted by molar-refractivity contribution is 0.560. The molecule has 0 aliphatic heterocycles. The maximum Gasteiger partial charge on any atom is 0.242 e. The maximum atomic E-state index is 12.5. The zero-order valence-corrected chi connectivity index (χ0v) is 13.0. The van der Waals surface area contributed by atoms with Gasteiger partial charge in [-0.15, -0.1) is 0 Å². The van der Waals surface area contributed by atoms with Gasteiger partial charge in [-0.25, -0.2) is 13.1 Å². The highest BCUT2D eigenvalue weighted by Crippen LogP contribution is 2.20. The summed E-state index contributed by atoms with van der Waals surface area (Å²) < 4.78 is 27.7. The van der Waals surface area contributed by atoms with Crippen molar-refractivity contribution < 1.29 is 8.42 Å². The van der Waals surface area contributed by atoms with Crippen molar-refractivity contribution in [2.24, 2.45) is 0 Å². The SMILES string of the molecule is CNc1ccccc1S(=O)(=O)NC(C)Cc1ccccc1. The van der Waals surface area contributed by atoms with E-state index in [1.54, 1.807) is 31.3 Å². The van der Waals surface area contributed by atoms with E-state index in [4.69, 9.17) is 0 Å². The Morgan fingerprint density at radius 3 is 2.29 bits per heavy atom. The molecule has 2 N–H and O–H groups in total. The summed E-state index contributed by atoms with van der Waals surface area (Å²) in [5.74, 6) is 0. The van der Waals surface area contributed by atoms with Gasteiger partial charge in [0.25, 0.3) is 0 Å². The Morgan fingerprint density at radius 1 is 1.00 bits per heavy atom. The molecule has 2 rings (SSSR count). The maximum absolute atomic E-state index is 12.5. The molecule has 112 valence electrons. The van der Waals surface area contributed by atoms with Gasteiger partial charge in [0.1, 0.15) is 4.90 Å². The average Bonchev–Trinajstić information content (AvgIpc) is 2.47. The molecule has 0 aromatic heterocycles. The first kappa shape index (κ1) is 15.5. The number of hydrogen-bond donors (Lipinski definition) is 2. The van der Waals surface area contributed by atoms with E-state index in [2.05, 4.69) is 10.0 Å². The standard InChI is InChI=1S/C16H20N2O2S/c1-13(12-14-8-4-3-5-9-14)18-21(19,20)16-11-7-6-10-15(16)17-2/h3-11,13,17-18H,12H2,1-2H3. The summed E-state index contributed by atoms with van der Waals surface area (Å²) in [6.07, 6.45) is 0.655. The molecular weight excluding hydrogens is 284 g/mol. The van der Waals surface area contributed by atoms with Crippen molar-refractivity contribution in [3.05, 3.63) is 60.2 Å². The van der Waals surface area contributed by atoms with Gasteiger partial charge in [-0.3, -0.25) is 0 Å². The van der Waals surface area contributed by atoms with Gasteiger partial charge in [0, 0.05) is 13.1 Å². The zero-order chi connectivity index (χ0) is 15.3. The summed E-state index contributed by atoms with van der Waals surface area (Å²) in [5.41, 5.74) is 1.70. The molecule has 0 saturated heterocycles. The molecule has 5 heteroatoms. The number of sulfonamides is 1. The van der Waals surface area contributed by atoms with E-state index in [0.717, 1.165) is 5.56 Å². The van der Waals surface area contributed by atoms with Crippen molar-refractivity contribution in [2.75, 3.05) is 12.4 Å². The summed E-state index contributed by atoms with van der Waals surface area (Å²) in [5, 5.41) is 2.91. The molecule has 1 atom stereocenters. The molecule has 0 spiro atoms. The normalized spacial score (nSPS) is 12.9. The lowest BCUT2D eigenvalue weighted by Gasteiger charge is -2.16. The molecule has 0 bridgehead atoms. The Hall–Kier alpha value is -1.85. The van der Waals surface area contributed by atoms with Crippen LogP contribution in [0, 0.1) is 0 Å². The van der Waals surface area contributed by atoms with Crippen LogP contribution in [-0.2, 0) is 16.4 Å². The fourth-order valence-electron chi connectivity index (χ4n) is 2.25. The smallest absolute Gasteiger partial charge is 0.242 e. The van der Waals surface area contributed by atoms with Gasteiger partial charge in [0.05, 0.1) is 5.69 Å². The van der Waals surface area contributed by atoms with E-state index in [1.165, 1.54) is 0 Å². The largest absolute Gasteiger partial charge is 0.387 e. The number of hydrogen-bond acceptors (Lipinski definition) is 3. The van der Waals surface area contributed by atoms with E-state index in [-0.39, 0.29) is 10.9 Å². The second-order valence-corrected chi connectivity index (χ2v) is 6.64. The third-order valence-electron chi connectivity index (χ3n) is 3.19. The van der Waals surface area contributed by atoms with Crippen molar-refractivity contribution in [1.82, 2.24) is 4.72 Å². The van der Waals surface area contributed by atoms with Gasteiger partial charge < -0.3 is 5.32 Å². The van der Waals surface area contributed by atoms with E-state index >= 15 is 0 Å². The Morgan fingerprint density at radius 2 is 1.62 bits per heavy atom. The minimum atomic E-state index is -3.53. The molecule has 1 unspecified atom stereocenters. The highest BCUT2D eigenvalue weighted by atomic mass is 32.2. The fourth-order valence-corrected chi connectivity index (χ4v) is 3.70. The number of rotatable bonds is 6. The summed E-state index contributed by atoms with van der Waals surface area (Å²) in [6.45, 7) is 1.87. The summed E-state index contributed by atoms with van der Waals surface area (Å²) in [4.78, 5) is 0.271. The molecule has 2 aromatic carbocycles. The van der Waals surface area contributed by atoms with E-state index in [1.807, 2.05) is 37.3 Å². The van der Waals surface area contributed by atoms with Crippen LogP contribution in [0.3, 0.4) is 0 Å². The topological polar surface area (TPSA) is 58.2 Å². The monoisotopic (exact) mass is 304 g/mol. The number of benzene rings is 2. The summed E-state index contributed by atoms with van der Waals surface area (Å²) in [6, 6.07) is 16.5. The quantitative estimate of drug-likeness (QED) is 0.862. The van der Waals surface area contributed by atoms with Crippen molar-refractivity contribution in [2.45, 2.75) is 24.3 Å². The Bertz CT molecular complexity index is 684. The first-order valence-electron chi connectivity index (χ1n) is 6.86. The van der Waals surface area contributed by atoms with Gasteiger partial charge >= 0.3 is 0 Å². The Balaban J connectivity index is 2.14.